The molecule has 64 valence electrons. The van der Waals surface area contributed by atoms with Crippen LogP contribution in [0.4, 0.5) is 8.78 Å². The van der Waals surface area contributed by atoms with Gasteiger partial charge >= 0.3 is 0 Å². The summed E-state index contributed by atoms with van der Waals surface area (Å²) in [5.74, 6) is -0.642. The molecule has 0 aliphatic rings. The van der Waals surface area contributed by atoms with Crippen molar-refractivity contribution >= 4 is 6.29 Å². The maximum absolute atomic E-state index is 12.5. The van der Waals surface area contributed by atoms with Crippen molar-refractivity contribution in [1.82, 2.24) is 0 Å². The van der Waals surface area contributed by atoms with Crippen molar-refractivity contribution in [3.63, 3.8) is 0 Å². The monoisotopic (exact) mass is 172 g/mol. The lowest BCUT2D eigenvalue weighted by Gasteiger charge is -2.02. The van der Waals surface area contributed by atoms with E-state index in [0.717, 1.165) is 12.1 Å². The van der Waals surface area contributed by atoms with Crippen molar-refractivity contribution in [2.24, 2.45) is 0 Å². The van der Waals surface area contributed by atoms with Crippen LogP contribution in [0.5, 0.6) is 5.75 Å². The van der Waals surface area contributed by atoms with Gasteiger partial charge < -0.3 is 4.74 Å². The van der Waals surface area contributed by atoms with Crippen LogP contribution in [0.1, 0.15) is 10.4 Å². The first-order valence-electron chi connectivity index (χ1n) is 3.21. The predicted octanol–water partition coefficient (Wildman–Crippen LogP) is 1.94. The third-order valence-electron chi connectivity index (χ3n) is 1.31. The van der Waals surface area contributed by atoms with Crippen molar-refractivity contribution < 1.29 is 18.3 Å². The number of hydrogen-bond donors (Lipinski definition) is 0. The average Bonchev–Trinajstić information content (AvgIpc) is 2.05. The van der Waals surface area contributed by atoms with Gasteiger partial charge in [-0.3, -0.25) is 4.79 Å². The lowest BCUT2D eigenvalue weighted by Crippen LogP contribution is -1.95. The maximum Gasteiger partial charge on any atom is 0.228 e. The van der Waals surface area contributed by atoms with Crippen molar-refractivity contribution in [2.75, 3.05) is 6.86 Å². The van der Waals surface area contributed by atoms with E-state index in [1.807, 2.05) is 0 Å². The second kappa shape index (κ2) is 3.80. The van der Waals surface area contributed by atoms with Gasteiger partial charge in [-0.15, -0.1) is 0 Å². The molecule has 1 aromatic carbocycles. The van der Waals surface area contributed by atoms with Crippen molar-refractivity contribution in [1.29, 1.82) is 0 Å². The van der Waals surface area contributed by atoms with Crippen LogP contribution < -0.4 is 4.74 Å². The van der Waals surface area contributed by atoms with Gasteiger partial charge in [-0.05, 0) is 12.1 Å². The van der Waals surface area contributed by atoms with Crippen LogP contribution in [0.2, 0.25) is 0 Å². The van der Waals surface area contributed by atoms with E-state index in [0.29, 0.717) is 6.29 Å². The molecule has 0 saturated heterocycles. The highest BCUT2D eigenvalue weighted by atomic mass is 19.1. The molecule has 1 rings (SSSR count). The minimum absolute atomic E-state index is 0.0764. The van der Waals surface area contributed by atoms with Crippen LogP contribution in [0.3, 0.4) is 0 Å². The number of hydrogen-bond acceptors (Lipinski definition) is 2. The molecule has 0 amide bonds. The first-order chi connectivity index (χ1) is 5.77. The van der Waals surface area contributed by atoms with E-state index in [-0.39, 0.29) is 11.3 Å². The summed E-state index contributed by atoms with van der Waals surface area (Å²) in [6.07, 6.45) is 0.477. The molecule has 1 aromatic rings. The van der Waals surface area contributed by atoms with E-state index < -0.39 is 12.7 Å². The third kappa shape index (κ3) is 1.78. The first kappa shape index (κ1) is 8.64. The second-order valence-electron chi connectivity index (χ2n) is 2.05. The Hall–Kier alpha value is -1.45. The van der Waals surface area contributed by atoms with Crippen molar-refractivity contribution in [3.05, 3.63) is 29.6 Å². The van der Waals surface area contributed by atoms with Gasteiger partial charge in [0.1, 0.15) is 11.6 Å². The number of halogens is 2. The van der Waals surface area contributed by atoms with Crippen LogP contribution in [0.25, 0.3) is 0 Å². The summed E-state index contributed by atoms with van der Waals surface area (Å²) in [4.78, 5) is 10.3. The van der Waals surface area contributed by atoms with Crippen LogP contribution in [-0.4, -0.2) is 13.1 Å². The smallest absolute Gasteiger partial charge is 0.228 e. The molecule has 0 aliphatic heterocycles. The summed E-state index contributed by atoms with van der Waals surface area (Å²) in [6.45, 7) is -1.08. The van der Waals surface area contributed by atoms with Gasteiger partial charge in [0.15, 0.2) is 6.29 Å². The van der Waals surface area contributed by atoms with E-state index >= 15 is 0 Å². The summed E-state index contributed by atoms with van der Waals surface area (Å²) in [5.41, 5.74) is 0.133. The number of ether oxygens (including phenoxy) is 1. The molecule has 0 unspecified atom stereocenters. The Morgan fingerprint density at radius 1 is 1.50 bits per heavy atom. The van der Waals surface area contributed by atoms with E-state index in [9.17, 15) is 13.6 Å². The lowest BCUT2D eigenvalue weighted by atomic mass is 10.2. The zero-order chi connectivity index (χ0) is 8.97. The minimum atomic E-state index is -1.08. The molecular weight excluding hydrogens is 166 g/mol. The number of aldehydes is 1. The Balaban J connectivity index is 3.03. The standard InChI is InChI=1S/C8H6F2O2/c9-5-12-8-3-7(10)2-1-6(8)4-11/h1-4H,5H2. The average molecular weight is 172 g/mol. The predicted molar refractivity (Wildman–Crippen MR) is 38.4 cm³/mol. The molecule has 4 heteroatoms. The molecule has 0 aliphatic carbocycles. The molecule has 0 bridgehead atoms. The van der Waals surface area contributed by atoms with Crippen LogP contribution in [0, 0.1) is 5.82 Å². The number of carbonyl (C=O) groups is 1. The van der Waals surface area contributed by atoms with Gasteiger partial charge in [0.2, 0.25) is 6.86 Å². The maximum atomic E-state index is 12.5. The van der Waals surface area contributed by atoms with Crippen LogP contribution in [-0.2, 0) is 0 Å². The van der Waals surface area contributed by atoms with Gasteiger partial charge in [0.05, 0.1) is 5.56 Å². The molecular formula is C8H6F2O2. The third-order valence-corrected chi connectivity index (χ3v) is 1.31. The van der Waals surface area contributed by atoms with Gasteiger partial charge in [-0.1, -0.05) is 0 Å². The number of benzene rings is 1. The zero-order valence-corrected chi connectivity index (χ0v) is 6.09. The minimum Gasteiger partial charge on any atom is -0.462 e. The quantitative estimate of drug-likeness (QED) is 0.651. The summed E-state index contributed by atoms with van der Waals surface area (Å²) in [6, 6.07) is 3.30. The molecule has 0 fully saturated rings. The highest BCUT2D eigenvalue weighted by Gasteiger charge is 2.03. The topological polar surface area (TPSA) is 26.3 Å². The van der Waals surface area contributed by atoms with Gasteiger partial charge in [0, 0.05) is 6.07 Å². The number of rotatable bonds is 3. The highest BCUT2D eigenvalue weighted by molar-refractivity contribution is 5.79. The molecule has 0 spiro atoms. The Bertz CT molecular complexity index is 286. The Morgan fingerprint density at radius 3 is 2.83 bits per heavy atom. The van der Waals surface area contributed by atoms with Gasteiger partial charge in [-0.25, -0.2) is 8.78 Å². The SMILES string of the molecule is O=Cc1ccc(F)cc1OCF. The Labute approximate surface area is 67.8 Å². The summed E-state index contributed by atoms with van der Waals surface area (Å²) < 4.78 is 28.5. The summed E-state index contributed by atoms with van der Waals surface area (Å²) in [7, 11) is 0. The fraction of sp³-hybridized carbons (Fsp3) is 0.125. The zero-order valence-electron chi connectivity index (χ0n) is 6.09. The normalized spacial score (nSPS) is 9.50. The Morgan fingerprint density at radius 2 is 2.25 bits per heavy atom. The molecule has 0 atom stereocenters. The molecule has 0 saturated carbocycles. The molecule has 2 nitrogen and oxygen atoms in total. The molecule has 0 aromatic heterocycles. The highest BCUT2D eigenvalue weighted by Crippen LogP contribution is 2.17. The fourth-order valence-corrected chi connectivity index (χ4v) is 0.789. The fourth-order valence-electron chi connectivity index (χ4n) is 0.789. The van der Waals surface area contributed by atoms with Crippen molar-refractivity contribution in [2.45, 2.75) is 0 Å². The first-order valence-corrected chi connectivity index (χ1v) is 3.21. The second-order valence-corrected chi connectivity index (χ2v) is 2.05. The molecule has 0 heterocycles. The van der Waals surface area contributed by atoms with E-state index in [4.69, 9.17) is 0 Å². The Kier molecular flexibility index (Phi) is 2.74. The summed E-state index contributed by atoms with van der Waals surface area (Å²) in [5, 5.41) is 0. The van der Waals surface area contributed by atoms with Crippen LogP contribution in [0.15, 0.2) is 18.2 Å². The number of carbonyl (C=O) groups excluding carboxylic acids is 1. The largest absolute Gasteiger partial charge is 0.462 e. The lowest BCUT2D eigenvalue weighted by molar-refractivity contribution is 0.111. The molecule has 0 N–H and O–H groups in total. The van der Waals surface area contributed by atoms with Gasteiger partial charge in [0.25, 0.3) is 0 Å². The molecule has 0 radical (unpaired) electrons. The number of alkyl halides is 1. The van der Waals surface area contributed by atoms with E-state index in [1.54, 1.807) is 0 Å². The summed E-state index contributed by atoms with van der Waals surface area (Å²) >= 11 is 0. The van der Waals surface area contributed by atoms with Crippen LogP contribution >= 0.6 is 0 Å². The van der Waals surface area contributed by atoms with Gasteiger partial charge in [-0.2, -0.15) is 0 Å². The van der Waals surface area contributed by atoms with E-state index in [2.05, 4.69) is 4.74 Å². The molecule has 12 heavy (non-hydrogen) atoms. The van der Waals surface area contributed by atoms with E-state index in [1.165, 1.54) is 6.07 Å². The van der Waals surface area contributed by atoms with Crippen molar-refractivity contribution in [3.8, 4) is 5.75 Å².